The van der Waals surface area contributed by atoms with E-state index in [1.165, 1.54) is 33.0 Å². The standard InChI is InChI=1S/C20H20Cl2F3N3O5S/c1-10(2)16(28-34(31,32)14-6-4-5-12(7-14)20(23,24)25)19(30)33-11(3)18(29)27-17-15(22)8-13(21)9-26-17/h4-11,16,28H,1-3H3,(H,26,27,29)/t11?,16-/m0/s1. The molecule has 0 aliphatic heterocycles. The van der Waals surface area contributed by atoms with Crippen LogP contribution in [0, 0.1) is 5.92 Å². The van der Waals surface area contributed by atoms with Gasteiger partial charge in [-0.25, -0.2) is 13.4 Å². The summed E-state index contributed by atoms with van der Waals surface area (Å²) < 4.78 is 71.3. The van der Waals surface area contributed by atoms with E-state index < -0.39 is 56.6 Å². The van der Waals surface area contributed by atoms with E-state index in [9.17, 15) is 31.2 Å². The molecule has 0 aliphatic carbocycles. The van der Waals surface area contributed by atoms with Gasteiger partial charge in [0.15, 0.2) is 11.9 Å². The van der Waals surface area contributed by atoms with Gasteiger partial charge in [0.1, 0.15) is 6.04 Å². The van der Waals surface area contributed by atoms with Crippen LogP contribution in [-0.2, 0) is 30.5 Å². The van der Waals surface area contributed by atoms with E-state index in [1.807, 2.05) is 4.72 Å². The average Bonchev–Trinajstić information content (AvgIpc) is 2.73. The molecule has 186 valence electrons. The Hall–Kier alpha value is -2.41. The van der Waals surface area contributed by atoms with Crippen LogP contribution in [0.5, 0.6) is 0 Å². The van der Waals surface area contributed by atoms with Gasteiger partial charge in [0.2, 0.25) is 10.0 Å². The maximum Gasteiger partial charge on any atom is 0.416 e. The third kappa shape index (κ3) is 7.29. The lowest BCUT2D eigenvalue weighted by molar-refractivity contribution is -0.155. The van der Waals surface area contributed by atoms with E-state index >= 15 is 0 Å². The number of esters is 1. The second-order valence-corrected chi connectivity index (χ2v) is 9.98. The predicted octanol–water partition coefficient (Wildman–Crippen LogP) is 4.28. The number of halogens is 5. The highest BCUT2D eigenvalue weighted by Crippen LogP contribution is 2.30. The van der Waals surface area contributed by atoms with E-state index in [0.29, 0.717) is 6.07 Å². The van der Waals surface area contributed by atoms with Crippen LogP contribution in [0.2, 0.25) is 10.0 Å². The summed E-state index contributed by atoms with van der Waals surface area (Å²) in [7, 11) is -4.54. The lowest BCUT2D eigenvalue weighted by atomic mass is 10.1. The van der Waals surface area contributed by atoms with Crippen molar-refractivity contribution in [3.8, 4) is 0 Å². The number of nitrogens with one attached hydrogen (secondary N) is 2. The molecular weight excluding hydrogens is 522 g/mol. The summed E-state index contributed by atoms with van der Waals surface area (Å²) in [5, 5.41) is 2.61. The first kappa shape index (κ1) is 27.8. The number of anilines is 1. The third-order valence-electron chi connectivity index (χ3n) is 4.39. The number of hydrogen-bond acceptors (Lipinski definition) is 6. The zero-order valence-electron chi connectivity index (χ0n) is 18.0. The van der Waals surface area contributed by atoms with Crippen LogP contribution in [0.4, 0.5) is 19.0 Å². The van der Waals surface area contributed by atoms with Crippen molar-refractivity contribution in [2.45, 2.75) is 44.0 Å². The molecule has 1 amide bonds. The van der Waals surface area contributed by atoms with Crippen LogP contribution < -0.4 is 10.0 Å². The molecule has 14 heteroatoms. The molecule has 0 spiro atoms. The fraction of sp³-hybridized carbons (Fsp3) is 0.350. The Morgan fingerprint density at radius 3 is 2.32 bits per heavy atom. The molecule has 1 aromatic carbocycles. The molecule has 1 aromatic heterocycles. The molecule has 2 rings (SSSR count). The van der Waals surface area contributed by atoms with Gasteiger partial charge in [-0.2, -0.15) is 17.9 Å². The van der Waals surface area contributed by atoms with Gasteiger partial charge in [0.05, 0.1) is 20.5 Å². The first-order chi connectivity index (χ1) is 15.6. The highest BCUT2D eigenvalue weighted by molar-refractivity contribution is 7.89. The summed E-state index contributed by atoms with van der Waals surface area (Å²) in [5.41, 5.74) is -1.17. The second kappa shape index (κ2) is 10.9. The molecule has 2 N–H and O–H groups in total. The minimum Gasteiger partial charge on any atom is -0.451 e. The van der Waals surface area contributed by atoms with Crippen molar-refractivity contribution in [2.24, 2.45) is 5.92 Å². The number of carbonyl (C=O) groups excluding carboxylic acids is 2. The SMILES string of the molecule is CC(OC(=O)[C@@H](NS(=O)(=O)c1cccc(C(F)(F)F)c1)C(C)C)C(=O)Nc1ncc(Cl)cc1Cl. The summed E-state index contributed by atoms with van der Waals surface area (Å²) in [4.78, 5) is 28.1. The lowest BCUT2D eigenvalue weighted by Gasteiger charge is -2.23. The lowest BCUT2D eigenvalue weighted by Crippen LogP contribution is -2.47. The van der Waals surface area contributed by atoms with E-state index in [1.54, 1.807) is 0 Å². The number of benzene rings is 1. The molecule has 8 nitrogen and oxygen atoms in total. The number of hydrogen-bond donors (Lipinski definition) is 2. The molecule has 1 unspecified atom stereocenters. The monoisotopic (exact) mass is 541 g/mol. The van der Waals surface area contributed by atoms with Gasteiger partial charge in [0, 0.05) is 6.20 Å². The molecular formula is C20H20Cl2F3N3O5S. The Morgan fingerprint density at radius 2 is 1.76 bits per heavy atom. The summed E-state index contributed by atoms with van der Waals surface area (Å²) in [6.45, 7) is 4.21. The topological polar surface area (TPSA) is 114 Å². The van der Waals surface area contributed by atoms with E-state index in [2.05, 4.69) is 10.3 Å². The molecule has 0 saturated carbocycles. The number of amides is 1. The molecule has 1 heterocycles. The Labute approximate surface area is 203 Å². The zero-order chi connectivity index (χ0) is 25.8. The van der Waals surface area contributed by atoms with Crippen molar-refractivity contribution >= 4 is 50.9 Å². The fourth-order valence-electron chi connectivity index (χ4n) is 2.56. The quantitative estimate of drug-likeness (QED) is 0.482. The third-order valence-corrected chi connectivity index (χ3v) is 6.32. The number of sulfonamides is 1. The van der Waals surface area contributed by atoms with Crippen LogP contribution >= 0.6 is 23.2 Å². The van der Waals surface area contributed by atoms with E-state index in [0.717, 1.165) is 18.2 Å². The van der Waals surface area contributed by atoms with Crippen molar-refractivity contribution in [3.05, 3.63) is 52.1 Å². The van der Waals surface area contributed by atoms with Crippen molar-refractivity contribution in [1.29, 1.82) is 0 Å². The van der Waals surface area contributed by atoms with Gasteiger partial charge < -0.3 is 10.1 Å². The van der Waals surface area contributed by atoms with Crippen molar-refractivity contribution < 1.29 is 35.9 Å². The summed E-state index contributed by atoms with van der Waals surface area (Å²) in [6.07, 6.45) is -4.91. The summed E-state index contributed by atoms with van der Waals surface area (Å²) in [6, 6.07) is 2.90. The Morgan fingerprint density at radius 1 is 1.12 bits per heavy atom. The smallest absolute Gasteiger partial charge is 0.416 e. The molecule has 2 atom stereocenters. The van der Waals surface area contributed by atoms with Gasteiger partial charge in [-0.15, -0.1) is 0 Å². The van der Waals surface area contributed by atoms with Crippen molar-refractivity contribution in [3.63, 3.8) is 0 Å². The normalized spacial score (nSPS) is 13.9. The molecule has 0 fully saturated rings. The Bertz CT molecular complexity index is 1180. The van der Waals surface area contributed by atoms with Gasteiger partial charge in [-0.3, -0.25) is 9.59 Å². The van der Waals surface area contributed by atoms with Crippen LogP contribution in [0.25, 0.3) is 0 Å². The molecule has 0 saturated heterocycles. The Kier molecular flexibility index (Phi) is 8.92. The molecule has 0 aliphatic rings. The predicted molar refractivity (Wildman–Crippen MR) is 119 cm³/mol. The van der Waals surface area contributed by atoms with Crippen LogP contribution in [-0.4, -0.2) is 37.4 Å². The highest BCUT2D eigenvalue weighted by atomic mass is 35.5. The maximum atomic E-state index is 12.9. The fourth-order valence-corrected chi connectivity index (χ4v) is 4.36. The van der Waals surface area contributed by atoms with Crippen LogP contribution in [0.1, 0.15) is 26.3 Å². The van der Waals surface area contributed by atoms with Gasteiger partial charge in [-0.05, 0) is 37.1 Å². The van der Waals surface area contributed by atoms with Crippen LogP contribution in [0.3, 0.4) is 0 Å². The van der Waals surface area contributed by atoms with Crippen molar-refractivity contribution in [1.82, 2.24) is 9.71 Å². The first-order valence-electron chi connectivity index (χ1n) is 9.64. The van der Waals surface area contributed by atoms with E-state index in [4.69, 9.17) is 27.9 Å². The van der Waals surface area contributed by atoms with Gasteiger partial charge >= 0.3 is 12.1 Å². The number of rotatable bonds is 8. The van der Waals surface area contributed by atoms with Crippen molar-refractivity contribution in [2.75, 3.05) is 5.32 Å². The summed E-state index contributed by atoms with van der Waals surface area (Å²) in [5.74, 6) is -2.63. The molecule has 34 heavy (non-hydrogen) atoms. The number of aromatic nitrogens is 1. The Balaban J connectivity index is 2.15. The molecule has 0 bridgehead atoms. The largest absolute Gasteiger partial charge is 0.451 e. The zero-order valence-corrected chi connectivity index (χ0v) is 20.3. The minimum absolute atomic E-state index is 0.0354. The highest BCUT2D eigenvalue weighted by Gasteiger charge is 2.34. The number of carbonyl (C=O) groups is 2. The number of pyridine rings is 1. The number of nitrogens with zero attached hydrogens (tertiary/aromatic N) is 1. The summed E-state index contributed by atoms with van der Waals surface area (Å²) >= 11 is 11.7. The maximum absolute atomic E-state index is 12.9. The molecule has 0 radical (unpaired) electrons. The van der Waals surface area contributed by atoms with Crippen LogP contribution in [0.15, 0.2) is 41.4 Å². The second-order valence-electron chi connectivity index (χ2n) is 7.42. The van der Waals surface area contributed by atoms with Gasteiger partial charge in [0.25, 0.3) is 5.91 Å². The molecule has 2 aromatic rings. The number of ether oxygens (including phenoxy) is 1. The average molecular weight is 542 g/mol. The first-order valence-corrected chi connectivity index (χ1v) is 11.9. The number of alkyl halides is 3. The van der Waals surface area contributed by atoms with E-state index in [-0.39, 0.29) is 15.9 Å². The van der Waals surface area contributed by atoms with Gasteiger partial charge in [-0.1, -0.05) is 43.1 Å². The minimum atomic E-state index is -4.76.